The molecule has 0 amide bonds. The predicted molar refractivity (Wildman–Crippen MR) is 81.0 cm³/mol. The zero-order chi connectivity index (χ0) is 16.0. The van der Waals surface area contributed by atoms with Crippen molar-refractivity contribution in [2.75, 3.05) is 13.7 Å². The van der Waals surface area contributed by atoms with Gasteiger partial charge in [-0.1, -0.05) is 4.89 Å². The minimum Gasteiger partial charge on any atom is -0.496 e. The normalized spacial score (nSPS) is 11.5. The molecule has 1 aromatic carbocycles. The Kier molecular flexibility index (Phi) is 5.59. The number of aryl methyl sites for hydroxylation is 2. The molecule has 6 nitrogen and oxygen atoms in total. The Morgan fingerprint density at radius 2 is 2.09 bits per heavy atom. The SMILES string of the molecule is COc1ccc(S(=O)(=O)NOCCCc2ccco2)cc1C. The third kappa shape index (κ3) is 4.33. The van der Waals surface area contributed by atoms with Gasteiger partial charge in [0.1, 0.15) is 11.5 Å². The summed E-state index contributed by atoms with van der Waals surface area (Å²) in [6, 6.07) is 8.30. The van der Waals surface area contributed by atoms with E-state index in [1.165, 1.54) is 19.2 Å². The molecule has 1 aromatic heterocycles. The average Bonchev–Trinajstić information content (AvgIpc) is 3.00. The summed E-state index contributed by atoms with van der Waals surface area (Å²) in [5.41, 5.74) is 0.739. The predicted octanol–water partition coefficient (Wildman–Crippen LogP) is 2.44. The summed E-state index contributed by atoms with van der Waals surface area (Å²) < 4.78 is 34.4. The highest BCUT2D eigenvalue weighted by Crippen LogP contribution is 2.21. The highest BCUT2D eigenvalue weighted by molar-refractivity contribution is 7.89. The Morgan fingerprint density at radius 1 is 1.27 bits per heavy atom. The quantitative estimate of drug-likeness (QED) is 0.596. The van der Waals surface area contributed by atoms with Crippen LogP contribution >= 0.6 is 0 Å². The van der Waals surface area contributed by atoms with Crippen LogP contribution in [0.25, 0.3) is 0 Å². The van der Waals surface area contributed by atoms with Crippen molar-refractivity contribution in [3.63, 3.8) is 0 Å². The van der Waals surface area contributed by atoms with Crippen molar-refractivity contribution in [1.29, 1.82) is 0 Å². The molecular formula is C15H19NO5S. The van der Waals surface area contributed by atoms with Crippen LogP contribution in [0.3, 0.4) is 0 Å². The first-order chi connectivity index (χ1) is 10.5. The molecule has 22 heavy (non-hydrogen) atoms. The van der Waals surface area contributed by atoms with Crippen molar-refractivity contribution in [3.05, 3.63) is 47.9 Å². The molecule has 2 aromatic rings. The summed E-state index contributed by atoms with van der Waals surface area (Å²) in [5.74, 6) is 1.48. The summed E-state index contributed by atoms with van der Waals surface area (Å²) in [5, 5.41) is 0. The molecule has 2 rings (SSSR count). The lowest BCUT2D eigenvalue weighted by Gasteiger charge is -2.09. The van der Waals surface area contributed by atoms with E-state index in [1.54, 1.807) is 19.3 Å². The lowest BCUT2D eigenvalue weighted by molar-refractivity contribution is 0.0905. The summed E-state index contributed by atoms with van der Waals surface area (Å²) in [6.45, 7) is 2.04. The summed E-state index contributed by atoms with van der Waals surface area (Å²) in [6.07, 6.45) is 2.94. The second-order valence-electron chi connectivity index (χ2n) is 4.75. The van der Waals surface area contributed by atoms with E-state index in [1.807, 2.05) is 12.1 Å². The van der Waals surface area contributed by atoms with Gasteiger partial charge in [-0.25, -0.2) is 8.42 Å². The van der Waals surface area contributed by atoms with E-state index in [0.717, 1.165) is 11.3 Å². The number of hydrogen-bond donors (Lipinski definition) is 1. The second-order valence-corrected chi connectivity index (χ2v) is 6.39. The van der Waals surface area contributed by atoms with Crippen LogP contribution in [0.4, 0.5) is 0 Å². The number of ether oxygens (including phenoxy) is 1. The molecule has 0 fully saturated rings. The third-order valence-corrected chi connectivity index (χ3v) is 4.31. The first-order valence-corrected chi connectivity index (χ1v) is 8.32. The Labute approximate surface area is 130 Å². The maximum Gasteiger partial charge on any atom is 0.262 e. The Bertz CT molecular complexity index is 695. The van der Waals surface area contributed by atoms with Crippen LogP contribution in [-0.4, -0.2) is 22.1 Å². The van der Waals surface area contributed by atoms with Crippen molar-refractivity contribution in [1.82, 2.24) is 4.89 Å². The number of sulfonamides is 1. The number of hydrogen-bond acceptors (Lipinski definition) is 5. The van der Waals surface area contributed by atoms with E-state index in [2.05, 4.69) is 4.89 Å². The molecule has 0 bridgehead atoms. The van der Waals surface area contributed by atoms with E-state index in [9.17, 15) is 8.42 Å². The van der Waals surface area contributed by atoms with Crippen LogP contribution in [0.2, 0.25) is 0 Å². The highest BCUT2D eigenvalue weighted by atomic mass is 32.2. The van der Waals surface area contributed by atoms with Crippen molar-refractivity contribution in [2.24, 2.45) is 0 Å². The van der Waals surface area contributed by atoms with Crippen LogP contribution in [-0.2, 0) is 21.3 Å². The van der Waals surface area contributed by atoms with Crippen molar-refractivity contribution in [2.45, 2.75) is 24.7 Å². The van der Waals surface area contributed by atoms with Crippen molar-refractivity contribution < 1.29 is 22.4 Å². The number of benzene rings is 1. The molecule has 0 saturated heterocycles. The fourth-order valence-electron chi connectivity index (χ4n) is 1.96. The van der Waals surface area contributed by atoms with Gasteiger partial charge in [-0.3, -0.25) is 4.84 Å². The largest absolute Gasteiger partial charge is 0.496 e. The molecule has 1 heterocycles. The number of furan rings is 1. The fraction of sp³-hybridized carbons (Fsp3) is 0.333. The minimum absolute atomic E-state index is 0.136. The zero-order valence-corrected chi connectivity index (χ0v) is 13.4. The lowest BCUT2D eigenvalue weighted by Crippen LogP contribution is -2.24. The van der Waals surface area contributed by atoms with Gasteiger partial charge in [-0.05, 0) is 49.2 Å². The van der Waals surface area contributed by atoms with Crippen molar-refractivity contribution in [3.8, 4) is 5.75 Å². The van der Waals surface area contributed by atoms with E-state index in [4.69, 9.17) is 14.0 Å². The molecular weight excluding hydrogens is 306 g/mol. The molecule has 120 valence electrons. The van der Waals surface area contributed by atoms with E-state index in [-0.39, 0.29) is 11.5 Å². The number of rotatable bonds is 8. The molecule has 0 radical (unpaired) electrons. The smallest absolute Gasteiger partial charge is 0.262 e. The maximum atomic E-state index is 12.1. The number of nitrogens with one attached hydrogen (secondary N) is 1. The van der Waals surface area contributed by atoms with Gasteiger partial charge < -0.3 is 9.15 Å². The minimum atomic E-state index is -3.69. The Hall–Kier alpha value is -1.83. The average molecular weight is 325 g/mol. The monoisotopic (exact) mass is 325 g/mol. The van der Waals surface area contributed by atoms with Crippen LogP contribution in [0.1, 0.15) is 17.7 Å². The Balaban J connectivity index is 1.84. The molecule has 0 unspecified atom stereocenters. The van der Waals surface area contributed by atoms with E-state index >= 15 is 0 Å². The molecule has 1 N–H and O–H groups in total. The lowest BCUT2D eigenvalue weighted by atomic mass is 10.2. The topological polar surface area (TPSA) is 77.8 Å². The van der Waals surface area contributed by atoms with Gasteiger partial charge in [0.2, 0.25) is 0 Å². The summed E-state index contributed by atoms with van der Waals surface area (Å²) in [7, 11) is -2.15. The summed E-state index contributed by atoms with van der Waals surface area (Å²) in [4.78, 5) is 7.29. The maximum absolute atomic E-state index is 12.1. The zero-order valence-electron chi connectivity index (χ0n) is 12.5. The first-order valence-electron chi connectivity index (χ1n) is 6.83. The van der Waals surface area contributed by atoms with Gasteiger partial charge in [-0.2, -0.15) is 0 Å². The Morgan fingerprint density at radius 3 is 2.73 bits per heavy atom. The standard InChI is InChI=1S/C15H19NO5S/c1-12-11-14(7-8-15(12)19-2)22(17,18)16-21-10-4-6-13-5-3-9-20-13/h3,5,7-9,11,16H,4,6,10H2,1-2H3. The first kappa shape index (κ1) is 16.5. The van der Waals surface area contributed by atoms with Gasteiger partial charge in [-0.15, -0.1) is 0 Å². The van der Waals surface area contributed by atoms with Crippen LogP contribution in [0.15, 0.2) is 45.9 Å². The van der Waals surface area contributed by atoms with Gasteiger partial charge in [0.05, 0.1) is 24.9 Å². The molecule has 0 saturated carbocycles. The third-order valence-electron chi connectivity index (χ3n) is 3.09. The molecule has 0 spiro atoms. The summed E-state index contributed by atoms with van der Waals surface area (Å²) >= 11 is 0. The fourth-order valence-corrected chi connectivity index (χ4v) is 2.87. The van der Waals surface area contributed by atoms with Crippen molar-refractivity contribution >= 4 is 10.0 Å². The van der Waals surface area contributed by atoms with E-state index in [0.29, 0.717) is 18.6 Å². The van der Waals surface area contributed by atoms with Crippen LogP contribution in [0, 0.1) is 6.92 Å². The molecule has 0 aliphatic rings. The van der Waals surface area contributed by atoms with Gasteiger partial charge in [0.25, 0.3) is 10.0 Å². The van der Waals surface area contributed by atoms with Gasteiger partial charge >= 0.3 is 0 Å². The molecule has 0 aliphatic carbocycles. The molecule has 7 heteroatoms. The molecule has 0 aliphatic heterocycles. The highest BCUT2D eigenvalue weighted by Gasteiger charge is 2.15. The molecule has 0 atom stereocenters. The van der Waals surface area contributed by atoms with Crippen LogP contribution < -0.4 is 9.62 Å². The second kappa shape index (κ2) is 7.44. The number of methoxy groups -OCH3 is 1. The van der Waals surface area contributed by atoms with Crippen LogP contribution in [0.5, 0.6) is 5.75 Å². The van der Waals surface area contributed by atoms with E-state index < -0.39 is 10.0 Å². The van der Waals surface area contributed by atoms with Gasteiger partial charge in [0, 0.05) is 6.42 Å². The van der Waals surface area contributed by atoms with Gasteiger partial charge in [0.15, 0.2) is 0 Å².